The minimum Gasteiger partial charge on any atom is -0.494 e. The first-order valence-corrected chi connectivity index (χ1v) is 11.6. The highest BCUT2D eigenvalue weighted by molar-refractivity contribution is 5.38. The van der Waals surface area contributed by atoms with Gasteiger partial charge in [-0.1, -0.05) is 69.2 Å². The van der Waals surface area contributed by atoms with E-state index in [9.17, 15) is 0 Å². The monoisotopic (exact) mass is 388 g/mol. The first kappa shape index (κ1) is 21.5. The second-order valence-corrected chi connectivity index (χ2v) is 8.35. The highest BCUT2D eigenvalue weighted by atomic mass is 16.5. The van der Waals surface area contributed by atoms with Crippen molar-refractivity contribution in [3.63, 3.8) is 0 Å². The number of aryl methyl sites for hydroxylation is 1. The quantitative estimate of drug-likeness (QED) is 0.335. The van der Waals surface area contributed by atoms with Crippen molar-refractivity contribution in [2.24, 2.45) is 5.92 Å². The van der Waals surface area contributed by atoms with Crippen LogP contribution < -0.4 is 4.74 Å². The lowest BCUT2D eigenvalue weighted by atomic mass is 9.79. The van der Waals surface area contributed by atoms with Crippen molar-refractivity contribution in [2.45, 2.75) is 77.6 Å². The molecule has 1 aliphatic rings. The Hall–Kier alpha value is -2.20. The molecule has 0 radical (unpaired) electrons. The lowest BCUT2D eigenvalue weighted by Gasteiger charge is -2.26. The van der Waals surface area contributed by atoms with Crippen LogP contribution in [0.15, 0.2) is 48.5 Å². The Balaban J connectivity index is 1.43. The normalized spacial score (nSPS) is 18.7. The van der Waals surface area contributed by atoms with Gasteiger partial charge < -0.3 is 4.74 Å². The van der Waals surface area contributed by atoms with Crippen molar-refractivity contribution in [3.8, 4) is 17.6 Å². The van der Waals surface area contributed by atoms with Gasteiger partial charge in [-0.2, -0.15) is 0 Å². The third-order valence-electron chi connectivity index (χ3n) is 6.13. The van der Waals surface area contributed by atoms with Gasteiger partial charge >= 0.3 is 0 Å². The maximum Gasteiger partial charge on any atom is 0.119 e. The molecule has 154 valence electrons. The molecule has 0 saturated heterocycles. The topological polar surface area (TPSA) is 9.23 Å². The molecular weight excluding hydrogens is 352 g/mol. The molecule has 29 heavy (non-hydrogen) atoms. The van der Waals surface area contributed by atoms with Gasteiger partial charge in [0.25, 0.3) is 0 Å². The van der Waals surface area contributed by atoms with Crippen LogP contribution in [-0.4, -0.2) is 6.61 Å². The summed E-state index contributed by atoms with van der Waals surface area (Å²) in [6.45, 7) is 5.26. The summed E-state index contributed by atoms with van der Waals surface area (Å²) in [5.41, 5.74) is 4.04. The van der Waals surface area contributed by atoms with Crippen LogP contribution in [0.4, 0.5) is 0 Å². The summed E-state index contributed by atoms with van der Waals surface area (Å²) in [6, 6.07) is 17.6. The van der Waals surface area contributed by atoms with Gasteiger partial charge in [0, 0.05) is 11.5 Å². The number of unbranched alkanes of at least 4 members (excludes halogenated alkanes) is 3. The van der Waals surface area contributed by atoms with Crippen LogP contribution >= 0.6 is 0 Å². The molecule has 0 bridgehead atoms. The molecule has 0 N–H and O–H groups in total. The van der Waals surface area contributed by atoms with E-state index >= 15 is 0 Å². The number of hydrogen-bond acceptors (Lipinski definition) is 1. The second-order valence-electron chi connectivity index (χ2n) is 8.35. The Morgan fingerprint density at radius 3 is 2.21 bits per heavy atom. The average molecular weight is 389 g/mol. The van der Waals surface area contributed by atoms with E-state index in [1.807, 2.05) is 0 Å². The summed E-state index contributed by atoms with van der Waals surface area (Å²) in [4.78, 5) is 0. The summed E-state index contributed by atoms with van der Waals surface area (Å²) in [5.74, 6) is 9.13. The van der Waals surface area contributed by atoms with Gasteiger partial charge in [0.05, 0.1) is 6.61 Å². The SMILES string of the molecule is CCCCCCOc1ccc(C#CC2CCC(c3ccc(CC)cc3)CC2)cc1. The van der Waals surface area contributed by atoms with Crippen molar-refractivity contribution in [1.82, 2.24) is 0 Å². The second kappa shape index (κ2) is 11.7. The maximum atomic E-state index is 5.82. The highest BCUT2D eigenvalue weighted by Gasteiger charge is 2.21. The lowest BCUT2D eigenvalue weighted by Crippen LogP contribution is -2.12. The Labute approximate surface area is 177 Å². The smallest absolute Gasteiger partial charge is 0.119 e. The molecule has 1 heteroatoms. The highest BCUT2D eigenvalue weighted by Crippen LogP contribution is 2.35. The molecule has 1 fully saturated rings. The van der Waals surface area contributed by atoms with E-state index in [1.54, 1.807) is 0 Å². The lowest BCUT2D eigenvalue weighted by molar-refractivity contribution is 0.305. The van der Waals surface area contributed by atoms with Gasteiger partial charge in [-0.25, -0.2) is 0 Å². The molecule has 0 atom stereocenters. The van der Waals surface area contributed by atoms with Crippen LogP contribution in [0.1, 0.15) is 87.8 Å². The van der Waals surface area contributed by atoms with Crippen molar-refractivity contribution >= 4 is 0 Å². The maximum absolute atomic E-state index is 5.82. The van der Waals surface area contributed by atoms with E-state index < -0.39 is 0 Å². The predicted molar refractivity (Wildman–Crippen MR) is 123 cm³/mol. The summed E-state index contributed by atoms with van der Waals surface area (Å²) in [5, 5.41) is 0. The average Bonchev–Trinajstić information content (AvgIpc) is 2.79. The third-order valence-corrected chi connectivity index (χ3v) is 6.13. The van der Waals surface area contributed by atoms with Crippen LogP contribution in [-0.2, 0) is 6.42 Å². The van der Waals surface area contributed by atoms with Crippen molar-refractivity contribution < 1.29 is 4.74 Å². The van der Waals surface area contributed by atoms with Gasteiger partial charge in [-0.3, -0.25) is 0 Å². The van der Waals surface area contributed by atoms with E-state index in [2.05, 4.69) is 74.2 Å². The Kier molecular flexibility index (Phi) is 8.69. The van der Waals surface area contributed by atoms with Crippen LogP contribution in [0.2, 0.25) is 0 Å². The predicted octanol–water partition coefficient (Wildman–Crippen LogP) is 7.53. The number of ether oxygens (including phenoxy) is 1. The van der Waals surface area contributed by atoms with Crippen LogP contribution in [0.3, 0.4) is 0 Å². The summed E-state index contributed by atoms with van der Waals surface area (Å²) < 4.78 is 5.82. The minimum absolute atomic E-state index is 0.538. The molecule has 0 aromatic heterocycles. The zero-order chi connectivity index (χ0) is 20.3. The van der Waals surface area contributed by atoms with E-state index in [-0.39, 0.29) is 0 Å². The number of rotatable bonds is 8. The van der Waals surface area contributed by atoms with Crippen LogP contribution in [0.5, 0.6) is 5.75 Å². The molecular formula is C28H36O. The zero-order valence-corrected chi connectivity index (χ0v) is 18.3. The van der Waals surface area contributed by atoms with E-state index in [0.717, 1.165) is 30.8 Å². The molecule has 3 rings (SSSR count). The van der Waals surface area contributed by atoms with E-state index in [4.69, 9.17) is 4.74 Å². The molecule has 0 aliphatic heterocycles. The molecule has 1 nitrogen and oxygen atoms in total. The van der Waals surface area contributed by atoms with Crippen LogP contribution in [0.25, 0.3) is 0 Å². The van der Waals surface area contributed by atoms with Gasteiger partial charge in [-0.15, -0.1) is 0 Å². The summed E-state index contributed by atoms with van der Waals surface area (Å²) in [6.07, 6.45) is 11.0. The van der Waals surface area contributed by atoms with Gasteiger partial charge in [-0.05, 0) is 79.8 Å². The first-order chi connectivity index (χ1) is 14.3. The fraction of sp³-hybridized carbons (Fsp3) is 0.500. The fourth-order valence-electron chi connectivity index (χ4n) is 4.14. The van der Waals surface area contributed by atoms with E-state index in [1.165, 1.54) is 56.1 Å². The summed E-state index contributed by atoms with van der Waals surface area (Å²) in [7, 11) is 0. The van der Waals surface area contributed by atoms with Crippen molar-refractivity contribution in [2.75, 3.05) is 6.61 Å². The molecule has 0 spiro atoms. The van der Waals surface area contributed by atoms with Gasteiger partial charge in [0.1, 0.15) is 5.75 Å². The molecule has 2 aromatic rings. The Morgan fingerprint density at radius 2 is 1.55 bits per heavy atom. The first-order valence-electron chi connectivity index (χ1n) is 11.6. The number of hydrogen-bond donors (Lipinski definition) is 0. The standard InChI is InChI=1S/C28H36O/c1-3-5-6-7-22-29-28-20-14-25(15-21-28)9-8-24-12-18-27(19-13-24)26-16-10-23(4-2)11-17-26/h10-11,14-17,20-21,24,27H,3-7,12-13,18-19,22H2,1-2H3. The molecule has 0 amide bonds. The molecule has 0 unspecified atom stereocenters. The molecule has 0 heterocycles. The zero-order valence-electron chi connectivity index (χ0n) is 18.3. The molecule has 1 saturated carbocycles. The molecule has 2 aromatic carbocycles. The summed E-state index contributed by atoms with van der Waals surface area (Å²) >= 11 is 0. The number of benzene rings is 2. The Bertz CT molecular complexity index is 768. The fourth-order valence-corrected chi connectivity index (χ4v) is 4.14. The third kappa shape index (κ3) is 6.97. The minimum atomic E-state index is 0.538. The van der Waals surface area contributed by atoms with Gasteiger partial charge in [0.2, 0.25) is 0 Å². The van der Waals surface area contributed by atoms with Gasteiger partial charge in [0.15, 0.2) is 0 Å². The molecule has 1 aliphatic carbocycles. The Morgan fingerprint density at radius 1 is 0.828 bits per heavy atom. The van der Waals surface area contributed by atoms with Crippen LogP contribution in [0, 0.1) is 17.8 Å². The van der Waals surface area contributed by atoms with Crippen molar-refractivity contribution in [1.29, 1.82) is 0 Å². The largest absolute Gasteiger partial charge is 0.494 e. The van der Waals surface area contributed by atoms with Crippen molar-refractivity contribution in [3.05, 3.63) is 65.2 Å². The van der Waals surface area contributed by atoms with E-state index in [0.29, 0.717) is 11.8 Å².